The van der Waals surface area contributed by atoms with Crippen LogP contribution in [0.4, 0.5) is 0 Å². The van der Waals surface area contributed by atoms with Crippen LogP contribution in [0.2, 0.25) is 0 Å². The molecule has 0 amide bonds. The van der Waals surface area contributed by atoms with Gasteiger partial charge >= 0.3 is 0 Å². The van der Waals surface area contributed by atoms with E-state index in [9.17, 15) is 0 Å². The fourth-order valence-electron chi connectivity index (χ4n) is 3.36. The van der Waals surface area contributed by atoms with Gasteiger partial charge in [0.05, 0.1) is 0 Å². The smallest absolute Gasteiger partial charge is 0.0346 e. The van der Waals surface area contributed by atoms with Crippen molar-refractivity contribution in [3.05, 3.63) is 42.2 Å². The summed E-state index contributed by atoms with van der Waals surface area (Å²) in [5.74, 6) is 1.64. The molecule has 0 spiro atoms. The van der Waals surface area contributed by atoms with E-state index in [2.05, 4.69) is 48.4 Å². The molecule has 1 aromatic heterocycles. The maximum atomic E-state index is 4.16. The van der Waals surface area contributed by atoms with Gasteiger partial charge in [-0.15, -0.1) is 0 Å². The largest absolute Gasteiger partial charge is 0.310 e. The summed E-state index contributed by atoms with van der Waals surface area (Å²) in [4.78, 5) is 4.16. The SMILES string of the molecule is CC1CCCC(NCc2ccc3cnccc3c2)C1C. The second-order valence-electron chi connectivity index (χ2n) is 6.31. The number of benzene rings is 1. The minimum atomic E-state index is 0.673. The van der Waals surface area contributed by atoms with Crippen LogP contribution in [0.3, 0.4) is 0 Å². The lowest BCUT2D eigenvalue weighted by Crippen LogP contribution is -2.40. The van der Waals surface area contributed by atoms with Crippen LogP contribution < -0.4 is 5.32 Å². The standard InChI is InChI=1S/C18H24N2/c1-13-4-3-5-18(14(13)2)20-11-15-6-7-17-12-19-9-8-16(17)10-15/h6-10,12-14,18,20H,3-5,11H2,1-2H3. The van der Waals surface area contributed by atoms with E-state index in [1.54, 1.807) is 0 Å². The Hall–Kier alpha value is -1.41. The number of nitrogens with zero attached hydrogens (tertiary/aromatic N) is 1. The number of nitrogens with one attached hydrogen (secondary N) is 1. The Morgan fingerprint density at radius 3 is 2.95 bits per heavy atom. The van der Waals surface area contributed by atoms with Crippen LogP contribution in [0.1, 0.15) is 38.7 Å². The number of fused-ring (bicyclic) bond motifs is 1. The summed E-state index contributed by atoms with van der Waals surface area (Å²) in [6.07, 6.45) is 7.87. The summed E-state index contributed by atoms with van der Waals surface area (Å²) in [6.45, 7) is 5.76. The normalized spacial score (nSPS) is 26.8. The molecule has 1 aromatic carbocycles. The van der Waals surface area contributed by atoms with Crippen LogP contribution >= 0.6 is 0 Å². The summed E-state index contributed by atoms with van der Waals surface area (Å²) in [6, 6.07) is 9.43. The van der Waals surface area contributed by atoms with E-state index >= 15 is 0 Å². The van der Waals surface area contributed by atoms with E-state index in [4.69, 9.17) is 0 Å². The Morgan fingerprint density at radius 2 is 2.05 bits per heavy atom. The molecule has 1 N–H and O–H groups in total. The molecule has 3 unspecified atom stereocenters. The summed E-state index contributed by atoms with van der Waals surface area (Å²) in [5.41, 5.74) is 1.37. The summed E-state index contributed by atoms with van der Waals surface area (Å²) in [7, 11) is 0. The molecule has 20 heavy (non-hydrogen) atoms. The number of aromatic nitrogens is 1. The zero-order valence-electron chi connectivity index (χ0n) is 12.5. The zero-order valence-corrected chi connectivity index (χ0v) is 12.5. The van der Waals surface area contributed by atoms with Crippen molar-refractivity contribution < 1.29 is 0 Å². The lowest BCUT2D eigenvalue weighted by molar-refractivity contribution is 0.206. The van der Waals surface area contributed by atoms with Crippen molar-refractivity contribution in [2.24, 2.45) is 11.8 Å². The number of hydrogen-bond acceptors (Lipinski definition) is 2. The molecule has 106 valence electrons. The lowest BCUT2D eigenvalue weighted by Gasteiger charge is -2.34. The van der Waals surface area contributed by atoms with Crippen LogP contribution in [0.5, 0.6) is 0 Å². The van der Waals surface area contributed by atoms with Crippen molar-refractivity contribution in [3.8, 4) is 0 Å². The van der Waals surface area contributed by atoms with Crippen molar-refractivity contribution in [3.63, 3.8) is 0 Å². The minimum absolute atomic E-state index is 0.673. The highest BCUT2D eigenvalue weighted by Gasteiger charge is 2.26. The number of pyridine rings is 1. The van der Waals surface area contributed by atoms with E-state index in [0.717, 1.165) is 18.4 Å². The Kier molecular flexibility index (Phi) is 4.02. The first-order valence-corrected chi connectivity index (χ1v) is 7.80. The number of rotatable bonds is 3. The average molecular weight is 268 g/mol. The molecule has 1 fully saturated rings. The van der Waals surface area contributed by atoms with Crippen molar-refractivity contribution in [1.29, 1.82) is 0 Å². The van der Waals surface area contributed by atoms with Gasteiger partial charge in [-0.05, 0) is 41.3 Å². The first kappa shape index (κ1) is 13.6. The van der Waals surface area contributed by atoms with Crippen LogP contribution in [0, 0.1) is 11.8 Å². The molecule has 0 bridgehead atoms. The molecule has 3 atom stereocenters. The molecule has 3 rings (SSSR count). The molecular weight excluding hydrogens is 244 g/mol. The van der Waals surface area contributed by atoms with Crippen molar-refractivity contribution in [1.82, 2.24) is 10.3 Å². The molecule has 1 saturated carbocycles. The Bertz CT molecular complexity index is 578. The topological polar surface area (TPSA) is 24.9 Å². The lowest BCUT2D eigenvalue weighted by atomic mass is 9.78. The highest BCUT2D eigenvalue weighted by molar-refractivity contribution is 5.81. The van der Waals surface area contributed by atoms with E-state index in [-0.39, 0.29) is 0 Å². The van der Waals surface area contributed by atoms with Crippen molar-refractivity contribution >= 4 is 10.8 Å². The van der Waals surface area contributed by atoms with E-state index in [1.165, 1.54) is 35.6 Å². The third-order valence-corrected chi connectivity index (χ3v) is 4.98. The molecule has 0 radical (unpaired) electrons. The van der Waals surface area contributed by atoms with Gasteiger partial charge in [0.15, 0.2) is 0 Å². The van der Waals surface area contributed by atoms with Gasteiger partial charge in [-0.2, -0.15) is 0 Å². The van der Waals surface area contributed by atoms with Crippen molar-refractivity contribution in [2.45, 2.75) is 45.7 Å². The predicted octanol–water partition coefficient (Wildman–Crippen LogP) is 4.15. The van der Waals surface area contributed by atoms with E-state index in [1.807, 2.05) is 12.4 Å². The molecule has 1 heterocycles. The fraction of sp³-hybridized carbons (Fsp3) is 0.500. The van der Waals surface area contributed by atoms with Gasteiger partial charge in [0.1, 0.15) is 0 Å². The Labute approximate surface area is 121 Å². The Balaban J connectivity index is 1.67. The molecule has 1 aliphatic rings. The van der Waals surface area contributed by atoms with Gasteiger partial charge in [-0.25, -0.2) is 0 Å². The molecular formula is C18H24N2. The third-order valence-electron chi connectivity index (χ3n) is 4.98. The average Bonchev–Trinajstić information content (AvgIpc) is 2.48. The molecule has 0 saturated heterocycles. The van der Waals surface area contributed by atoms with Gasteiger partial charge in [0.2, 0.25) is 0 Å². The second-order valence-corrected chi connectivity index (χ2v) is 6.31. The van der Waals surface area contributed by atoms with Gasteiger partial charge in [0, 0.05) is 30.4 Å². The van der Waals surface area contributed by atoms with Crippen LogP contribution in [-0.2, 0) is 6.54 Å². The maximum absolute atomic E-state index is 4.16. The quantitative estimate of drug-likeness (QED) is 0.904. The fourth-order valence-corrected chi connectivity index (χ4v) is 3.36. The number of hydrogen-bond donors (Lipinski definition) is 1. The molecule has 2 nitrogen and oxygen atoms in total. The van der Waals surface area contributed by atoms with Crippen LogP contribution in [-0.4, -0.2) is 11.0 Å². The highest BCUT2D eigenvalue weighted by atomic mass is 14.9. The summed E-state index contributed by atoms with van der Waals surface area (Å²) in [5, 5.41) is 6.27. The summed E-state index contributed by atoms with van der Waals surface area (Å²) >= 11 is 0. The molecule has 0 aliphatic heterocycles. The summed E-state index contributed by atoms with van der Waals surface area (Å²) < 4.78 is 0. The Morgan fingerprint density at radius 1 is 1.15 bits per heavy atom. The third kappa shape index (κ3) is 2.85. The monoisotopic (exact) mass is 268 g/mol. The van der Waals surface area contributed by atoms with Crippen molar-refractivity contribution in [2.75, 3.05) is 0 Å². The predicted molar refractivity (Wildman–Crippen MR) is 84.5 cm³/mol. The first-order valence-electron chi connectivity index (χ1n) is 7.80. The first-order chi connectivity index (χ1) is 9.74. The second kappa shape index (κ2) is 5.92. The van der Waals surface area contributed by atoms with E-state index < -0.39 is 0 Å². The van der Waals surface area contributed by atoms with Gasteiger partial charge in [-0.3, -0.25) is 4.98 Å². The minimum Gasteiger partial charge on any atom is -0.310 e. The highest BCUT2D eigenvalue weighted by Crippen LogP contribution is 2.29. The van der Waals surface area contributed by atoms with E-state index in [0.29, 0.717) is 6.04 Å². The zero-order chi connectivity index (χ0) is 13.9. The molecule has 1 aliphatic carbocycles. The van der Waals surface area contributed by atoms with Gasteiger partial charge < -0.3 is 5.32 Å². The van der Waals surface area contributed by atoms with Crippen LogP contribution in [0.25, 0.3) is 10.8 Å². The van der Waals surface area contributed by atoms with Gasteiger partial charge in [0.25, 0.3) is 0 Å². The molecule has 2 heteroatoms. The molecule has 2 aromatic rings. The van der Waals surface area contributed by atoms with Gasteiger partial charge in [-0.1, -0.05) is 38.8 Å². The van der Waals surface area contributed by atoms with Crippen LogP contribution in [0.15, 0.2) is 36.7 Å². The maximum Gasteiger partial charge on any atom is 0.0346 e.